The van der Waals surface area contributed by atoms with Crippen LogP contribution in [0.4, 0.5) is 0 Å². The highest BCUT2D eigenvalue weighted by atomic mass is 16.7. The molecule has 0 bridgehead atoms. The number of nitrogens with two attached hydrogens (primary N) is 1. The van der Waals surface area contributed by atoms with E-state index in [1.54, 1.807) is 18.2 Å². The van der Waals surface area contributed by atoms with Crippen molar-refractivity contribution in [3.05, 3.63) is 125 Å². The molecule has 4 aromatic carbocycles. The summed E-state index contributed by atoms with van der Waals surface area (Å²) in [5.41, 5.74) is 9.52. The molecule has 0 spiro atoms. The van der Waals surface area contributed by atoms with E-state index in [-0.39, 0.29) is 12.7 Å². The summed E-state index contributed by atoms with van der Waals surface area (Å²) < 4.78 is 17.4. The van der Waals surface area contributed by atoms with Crippen molar-refractivity contribution in [1.29, 1.82) is 0 Å². The maximum atomic E-state index is 11.5. The molecular weight excluding hydrogens is 476 g/mol. The zero-order valence-electron chi connectivity index (χ0n) is 21.3. The first-order valence-corrected chi connectivity index (χ1v) is 12.9. The fourth-order valence-electron chi connectivity index (χ4n) is 4.84. The van der Waals surface area contributed by atoms with Crippen LogP contribution in [0.25, 0.3) is 0 Å². The van der Waals surface area contributed by atoms with Gasteiger partial charge in [-0.3, -0.25) is 9.69 Å². The second-order valence-electron chi connectivity index (χ2n) is 9.35. The number of rotatable bonds is 12. The lowest BCUT2D eigenvalue weighted by atomic mass is 9.90. The summed E-state index contributed by atoms with van der Waals surface area (Å²) >= 11 is 0. The number of carbonyl (C=O) groups is 1. The van der Waals surface area contributed by atoms with Gasteiger partial charge in [-0.1, -0.05) is 78.9 Å². The average molecular weight is 509 g/mol. The van der Waals surface area contributed by atoms with Gasteiger partial charge in [0.1, 0.15) is 5.75 Å². The average Bonchev–Trinajstić information content (AvgIpc) is 3.45. The van der Waals surface area contributed by atoms with E-state index in [2.05, 4.69) is 71.6 Å². The van der Waals surface area contributed by atoms with Crippen LogP contribution in [0.5, 0.6) is 17.2 Å². The van der Waals surface area contributed by atoms with E-state index in [1.165, 1.54) is 11.1 Å². The molecule has 1 heterocycles. The van der Waals surface area contributed by atoms with Crippen LogP contribution in [-0.2, 0) is 6.54 Å². The molecule has 0 saturated carbocycles. The fraction of sp³-hybridized carbons (Fsp3) is 0.219. The van der Waals surface area contributed by atoms with Gasteiger partial charge in [0.05, 0.1) is 6.61 Å². The van der Waals surface area contributed by atoms with Crippen LogP contribution in [-0.4, -0.2) is 37.3 Å². The number of nitrogens with zero attached hydrogens (tertiary/aromatic N) is 1. The van der Waals surface area contributed by atoms with Crippen molar-refractivity contribution in [2.24, 2.45) is 5.73 Å². The van der Waals surface area contributed by atoms with Gasteiger partial charge in [0.2, 0.25) is 12.7 Å². The van der Waals surface area contributed by atoms with E-state index in [9.17, 15) is 4.79 Å². The molecule has 1 amide bonds. The van der Waals surface area contributed by atoms with Gasteiger partial charge < -0.3 is 19.9 Å². The lowest BCUT2D eigenvalue weighted by molar-refractivity contribution is 0.0999. The minimum Gasteiger partial charge on any atom is -0.494 e. The van der Waals surface area contributed by atoms with Crippen LogP contribution < -0.4 is 19.9 Å². The Morgan fingerprint density at radius 3 is 2.29 bits per heavy atom. The molecule has 0 saturated heterocycles. The predicted octanol–water partition coefficient (Wildman–Crippen LogP) is 5.62. The summed E-state index contributed by atoms with van der Waals surface area (Å²) in [6.45, 7) is 3.14. The van der Waals surface area contributed by atoms with Gasteiger partial charge in [-0.25, -0.2) is 0 Å². The Bertz CT molecular complexity index is 1300. The number of para-hydroxylation sites is 1. The van der Waals surface area contributed by atoms with Gasteiger partial charge in [-0.15, -0.1) is 0 Å². The van der Waals surface area contributed by atoms with Crippen LogP contribution in [0.1, 0.15) is 39.4 Å². The summed E-state index contributed by atoms with van der Waals surface area (Å²) in [5, 5.41) is 0. The third kappa shape index (κ3) is 6.33. The Morgan fingerprint density at radius 2 is 1.58 bits per heavy atom. The Balaban J connectivity index is 1.34. The van der Waals surface area contributed by atoms with Crippen molar-refractivity contribution in [2.45, 2.75) is 18.9 Å². The highest BCUT2D eigenvalue weighted by Crippen LogP contribution is 2.36. The zero-order valence-corrected chi connectivity index (χ0v) is 21.3. The molecule has 1 aliphatic rings. The second kappa shape index (κ2) is 12.3. The van der Waals surface area contributed by atoms with Gasteiger partial charge in [0.25, 0.3) is 0 Å². The Morgan fingerprint density at radius 1 is 0.868 bits per heavy atom. The number of hydrogen-bond acceptors (Lipinski definition) is 5. The SMILES string of the molecule is NC(=O)c1cccc(OCCCN(Cc2cccc3c2OCO3)CC(c2ccccc2)c2ccccc2)c1. The molecular formula is C32H32N2O4. The number of hydrogen-bond donors (Lipinski definition) is 1. The van der Waals surface area contributed by atoms with Crippen molar-refractivity contribution < 1.29 is 19.0 Å². The molecule has 6 heteroatoms. The number of benzene rings is 4. The van der Waals surface area contributed by atoms with Crippen molar-refractivity contribution in [3.63, 3.8) is 0 Å². The predicted molar refractivity (Wildman–Crippen MR) is 148 cm³/mol. The van der Waals surface area contributed by atoms with E-state index < -0.39 is 5.91 Å². The third-order valence-corrected chi connectivity index (χ3v) is 6.72. The van der Waals surface area contributed by atoms with Crippen molar-refractivity contribution in [1.82, 2.24) is 4.90 Å². The molecule has 0 atom stereocenters. The molecule has 1 aliphatic heterocycles. The summed E-state index contributed by atoms with van der Waals surface area (Å²) in [7, 11) is 0. The quantitative estimate of drug-likeness (QED) is 0.252. The first kappa shape index (κ1) is 25.4. The molecule has 5 rings (SSSR count). The highest BCUT2D eigenvalue weighted by Gasteiger charge is 2.22. The number of fused-ring (bicyclic) bond motifs is 1. The van der Waals surface area contributed by atoms with Crippen molar-refractivity contribution >= 4 is 5.91 Å². The van der Waals surface area contributed by atoms with Crippen LogP contribution in [0, 0.1) is 0 Å². The van der Waals surface area contributed by atoms with E-state index in [0.29, 0.717) is 17.9 Å². The van der Waals surface area contributed by atoms with Crippen LogP contribution in [0.3, 0.4) is 0 Å². The summed E-state index contributed by atoms with van der Waals surface area (Å²) in [5.74, 6) is 2.01. The first-order chi connectivity index (χ1) is 18.7. The van der Waals surface area contributed by atoms with Crippen molar-refractivity contribution in [3.8, 4) is 17.2 Å². The van der Waals surface area contributed by atoms with Gasteiger partial charge >= 0.3 is 0 Å². The number of carbonyl (C=O) groups excluding carboxylic acids is 1. The van der Waals surface area contributed by atoms with Gasteiger partial charge in [0.15, 0.2) is 11.5 Å². The minimum absolute atomic E-state index is 0.208. The molecule has 0 unspecified atom stereocenters. The normalized spacial score (nSPS) is 12.2. The number of ether oxygens (including phenoxy) is 3. The molecule has 0 aromatic heterocycles. The van der Waals surface area contributed by atoms with Crippen LogP contribution >= 0.6 is 0 Å². The lowest BCUT2D eigenvalue weighted by Crippen LogP contribution is -2.31. The number of amides is 1. The largest absolute Gasteiger partial charge is 0.494 e. The van der Waals surface area contributed by atoms with E-state index in [4.69, 9.17) is 19.9 Å². The van der Waals surface area contributed by atoms with Crippen molar-refractivity contribution in [2.75, 3.05) is 26.5 Å². The molecule has 0 fully saturated rings. The van der Waals surface area contributed by atoms with Gasteiger partial charge in [0, 0.05) is 36.7 Å². The molecule has 38 heavy (non-hydrogen) atoms. The summed E-state index contributed by atoms with van der Waals surface area (Å²) in [6.07, 6.45) is 0.809. The molecule has 0 aliphatic carbocycles. The third-order valence-electron chi connectivity index (χ3n) is 6.72. The Hall–Kier alpha value is -4.29. The molecule has 6 nitrogen and oxygen atoms in total. The molecule has 0 radical (unpaired) electrons. The fourth-order valence-corrected chi connectivity index (χ4v) is 4.84. The highest BCUT2D eigenvalue weighted by molar-refractivity contribution is 5.93. The van der Waals surface area contributed by atoms with E-state index in [1.807, 2.05) is 18.2 Å². The first-order valence-electron chi connectivity index (χ1n) is 12.9. The smallest absolute Gasteiger partial charge is 0.248 e. The molecule has 4 aromatic rings. The zero-order chi connectivity index (χ0) is 26.2. The van der Waals surface area contributed by atoms with Crippen LogP contribution in [0.2, 0.25) is 0 Å². The molecule has 2 N–H and O–H groups in total. The summed E-state index contributed by atoms with van der Waals surface area (Å²) in [4.78, 5) is 14.0. The van der Waals surface area contributed by atoms with E-state index >= 15 is 0 Å². The standard InChI is InChI=1S/C32H32N2O4/c33-32(35)26-14-7-16-28(20-26)36-19-9-18-34(21-27-15-8-17-30-31(27)38-23-37-30)22-29(24-10-3-1-4-11-24)25-12-5-2-6-13-25/h1-8,10-17,20,29H,9,18-19,21-23H2,(H2,33,35). The van der Waals surface area contributed by atoms with Gasteiger partial charge in [-0.2, -0.15) is 0 Å². The second-order valence-corrected chi connectivity index (χ2v) is 9.35. The summed E-state index contributed by atoms with van der Waals surface area (Å²) in [6, 6.07) is 34.3. The Labute approximate surface area is 223 Å². The monoisotopic (exact) mass is 508 g/mol. The maximum Gasteiger partial charge on any atom is 0.248 e. The molecule has 194 valence electrons. The maximum absolute atomic E-state index is 11.5. The Kier molecular flexibility index (Phi) is 8.21. The van der Waals surface area contributed by atoms with Gasteiger partial charge in [-0.05, 0) is 41.8 Å². The van der Waals surface area contributed by atoms with E-state index in [0.717, 1.165) is 43.1 Å². The van der Waals surface area contributed by atoms with Crippen LogP contribution in [0.15, 0.2) is 103 Å². The number of primary amides is 1. The topological polar surface area (TPSA) is 74.0 Å². The minimum atomic E-state index is -0.462. The lowest BCUT2D eigenvalue weighted by Gasteiger charge is -2.29.